The molecular weight excluding hydrogens is 148 g/mol. The quantitative estimate of drug-likeness (QED) is 0.617. The summed E-state index contributed by atoms with van der Waals surface area (Å²) in [7, 11) is 0. The predicted molar refractivity (Wildman–Crippen MR) is 51.6 cm³/mol. The van der Waals surface area contributed by atoms with Crippen molar-refractivity contribution in [3.63, 3.8) is 0 Å². The van der Waals surface area contributed by atoms with E-state index in [1.165, 1.54) is 5.71 Å². The van der Waals surface area contributed by atoms with E-state index in [0.29, 0.717) is 12.1 Å². The van der Waals surface area contributed by atoms with Gasteiger partial charge in [0.25, 0.3) is 0 Å². The Labute approximate surface area is 73.1 Å². The molecule has 64 valence electrons. The monoisotopic (exact) mass is 162 g/mol. The van der Waals surface area contributed by atoms with Gasteiger partial charge in [-0.1, -0.05) is 25.2 Å². The summed E-state index contributed by atoms with van der Waals surface area (Å²) in [5, 5.41) is 3.45. The molecule has 0 aromatic carbocycles. The van der Waals surface area contributed by atoms with Crippen molar-refractivity contribution >= 4 is 5.71 Å². The summed E-state index contributed by atoms with van der Waals surface area (Å²) in [6, 6.07) is 0.852. The molecule has 0 bridgehead atoms. The Hall–Kier alpha value is -0.890. The third kappa shape index (κ3) is 1.34. The van der Waals surface area contributed by atoms with Crippen LogP contribution in [-0.2, 0) is 0 Å². The van der Waals surface area contributed by atoms with Gasteiger partial charge in [0.15, 0.2) is 0 Å². The van der Waals surface area contributed by atoms with Crippen LogP contribution in [0.3, 0.4) is 0 Å². The highest BCUT2D eigenvalue weighted by Gasteiger charge is 2.19. The van der Waals surface area contributed by atoms with Crippen molar-refractivity contribution in [3.8, 4) is 0 Å². The fraction of sp³-hybridized carbons (Fsp3) is 0.500. The van der Waals surface area contributed by atoms with Crippen LogP contribution in [0.15, 0.2) is 29.3 Å². The molecule has 2 atom stereocenters. The van der Waals surface area contributed by atoms with Gasteiger partial charge < -0.3 is 5.32 Å². The Morgan fingerprint density at radius 2 is 2.50 bits per heavy atom. The fourth-order valence-electron chi connectivity index (χ4n) is 1.58. The normalized spacial score (nSPS) is 32.9. The van der Waals surface area contributed by atoms with Crippen LogP contribution in [0, 0.1) is 0 Å². The molecule has 0 saturated heterocycles. The lowest BCUT2D eigenvalue weighted by atomic mass is 10.0. The van der Waals surface area contributed by atoms with E-state index in [4.69, 9.17) is 0 Å². The van der Waals surface area contributed by atoms with Crippen LogP contribution in [0.1, 0.15) is 13.3 Å². The van der Waals surface area contributed by atoms with E-state index < -0.39 is 0 Å². The molecule has 0 spiro atoms. The Bertz CT molecular complexity index is 251. The molecule has 1 aliphatic heterocycles. The van der Waals surface area contributed by atoms with Gasteiger partial charge in [0.05, 0.1) is 17.8 Å². The van der Waals surface area contributed by atoms with E-state index in [-0.39, 0.29) is 0 Å². The van der Waals surface area contributed by atoms with Crippen LogP contribution >= 0.6 is 0 Å². The van der Waals surface area contributed by atoms with E-state index in [9.17, 15) is 0 Å². The molecule has 12 heavy (non-hydrogen) atoms. The summed E-state index contributed by atoms with van der Waals surface area (Å²) in [6.07, 6.45) is 9.50. The zero-order valence-electron chi connectivity index (χ0n) is 7.33. The van der Waals surface area contributed by atoms with Gasteiger partial charge >= 0.3 is 0 Å². The molecule has 2 unspecified atom stereocenters. The lowest BCUT2D eigenvalue weighted by Crippen LogP contribution is -2.44. The highest BCUT2D eigenvalue weighted by atomic mass is 15.0. The van der Waals surface area contributed by atoms with Gasteiger partial charge in [0, 0.05) is 6.54 Å². The average molecular weight is 162 g/mol. The minimum absolute atomic E-state index is 0.373. The van der Waals surface area contributed by atoms with Gasteiger partial charge in [0.2, 0.25) is 0 Å². The first-order valence-corrected chi connectivity index (χ1v) is 4.56. The van der Waals surface area contributed by atoms with Crippen LogP contribution < -0.4 is 5.32 Å². The molecule has 0 aromatic rings. The number of hydrogen-bond donors (Lipinski definition) is 1. The lowest BCUT2D eigenvalue weighted by molar-refractivity contribution is 0.539. The van der Waals surface area contributed by atoms with Gasteiger partial charge in [-0.05, 0) is 12.5 Å². The van der Waals surface area contributed by atoms with Gasteiger partial charge in [0.1, 0.15) is 0 Å². The van der Waals surface area contributed by atoms with Crippen molar-refractivity contribution in [2.75, 3.05) is 6.54 Å². The van der Waals surface area contributed by atoms with Gasteiger partial charge in [-0.25, -0.2) is 0 Å². The highest BCUT2D eigenvalue weighted by Crippen LogP contribution is 2.10. The Morgan fingerprint density at radius 1 is 1.58 bits per heavy atom. The summed E-state index contributed by atoms with van der Waals surface area (Å²) in [4.78, 5) is 4.64. The van der Waals surface area contributed by atoms with Crippen LogP contribution in [0.25, 0.3) is 0 Å². The van der Waals surface area contributed by atoms with E-state index in [2.05, 4.69) is 41.5 Å². The number of nitrogens with zero attached hydrogens (tertiary/aromatic N) is 1. The first-order valence-electron chi connectivity index (χ1n) is 4.56. The maximum absolute atomic E-state index is 4.64. The standard InChI is InChI=1S/C10H14N2/c1-2-8-7-11-9-5-3-4-6-10(9)12-8/h3-6,8-9,11H,2,7H2,1H3. The maximum Gasteiger partial charge on any atom is 0.0680 e. The molecule has 1 N–H and O–H groups in total. The second-order valence-corrected chi connectivity index (χ2v) is 3.25. The summed E-state index contributed by atoms with van der Waals surface area (Å²) in [5.74, 6) is 0. The van der Waals surface area contributed by atoms with E-state index >= 15 is 0 Å². The Morgan fingerprint density at radius 3 is 3.33 bits per heavy atom. The number of aliphatic imine (C=N–C) groups is 1. The summed E-state index contributed by atoms with van der Waals surface area (Å²) < 4.78 is 0. The topological polar surface area (TPSA) is 24.4 Å². The first-order chi connectivity index (χ1) is 5.90. The van der Waals surface area contributed by atoms with E-state index in [1.807, 2.05) is 0 Å². The molecule has 0 amide bonds. The Balaban J connectivity index is 2.19. The summed E-state index contributed by atoms with van der Waals surface area (Å²) in [6.45, 7) is 3.20. The summed E-state index contributed by atoms with van der Waals surface area (Å²) >= 11 is 0. The molecule has 2 heteroatoms. The van der Waals surface area contributed by atoms with Crippen LogP contribution in [0.4, 0.5) is 0 Å². The Kier molecular flexibility index (Phi) is 2.09. The van der Waals surface area contributed by atoms with Crippen molar-refractivity contribution in [1.29, 1.82) is 0 Å². The molecule has 0 fully saturated rings. The molecule has 2 nitrogen and oxygen atoms in total. The minimum atomic E-state index is 0.373. The zero-order chi connectivity index (χ0) is 8.39. The van der Waals surface area contributed by atoms with Crippen LogP contribution in [0.2, 0.25) is 0 Å². The second-order valence-electron chi connectivity index (χ2n) is 3.25. The van der Waals surface area contributed by atoms with Crippen LogP contribution in [0.5, 0.6) is 0 Å². The molecule has 1 aliphatic carbocycles. The van der Waals surface area contributed by atoms with Crippen molar-refractivity contribution in [3.05, 3.63) is 24.3 Å². The molecular formula is C10H14N2. The maximum atomic E-state index is 4.64. The minimum Gasteiger partial charge on any atom is -0.303 e. The second kappa shape index (κ2) is 3.23. The van der Waals surface area contributed by atoms with Gasteiger partial charge in [-0.15, -0.1) is 0 Å². The van der Waals surface area contributed by atoms with Crippen molar-refractivity contribution in [1.82, 2.24) is 5.32 Å². The zero-order valence-corrected chi connectivity index (χ0v) is 7.33. The number of rotatable bonds is 1. The number of nitrogens with one attached hydrogen (secondary N) is 1. The van der Waals surface area contributed by atoms with Crippen LogP contribution in [-0.4, -0.2) is 24.3 Å². The summed E-state index contributed by atoms with van der Waals surface area (Å²) in [5.41, 5.74) is 1.19. The highest BCUT2D eigenvalue weighted by molar-refractivity contribution is 6.02. The molecule has 0 aromatic heterocycles. The lowest BCUT2D eigenvalue weighted by Gasteiger charge is -2.26. The largest absolute Gasteiger partial charge is 0.303 e. The van der Waals surface area contributed by atoms with E-state index in [0.717, 1.165) is 13.0 Å². The SMILES string of the molecule is CCC1CNC2C=CC=CC2=N1. The predicted octanol–water partition coefficient (Wildman–Crippen LogP) is 1.30. The van der Waals surface area contributed by atoms with Gasteiger partial charge in [-0.3, -0.25) is 4.99 Å². The number of hydrogen-bond acceptors (Lipinski definition) is 2. The van der Waals surface area contributed by atoms with Crippen molar-refractivity contribution in [2.45, 2.75) is 25.4 Å². The molecule has 2 aliphatic rings. The number of allylic oxidation sites excluding steroid dienone is 2. The van der Waals surface area contributed by atoms with Gasteiger partial charge in [-0.2, -0.15) is 0 Å². The third-order valence-electron chi connectivity index (χ3n) is 2.38. The smallest absolute Gasteiger partial charge is 0.0680 e. The number of fused-ring (bicyclic) bond motifs is 1. The molecule has 1 heterocycles. The van der Waals surface area contributed by atoms with E-state index in [1.54, 1.807) is 0 Å². The molecule has 2 rings (SSSR count). The molecule has 0 radical (unpaired) electrons. The first kappa shape index (κ1) is 7.74. The third-order valence-corrected chi connectivity index (χ3v) is 2.38. The average Bonchev–Trinajstić information content (AvgIpc) is 2.17. The molecule has 0 saturated carbocycles. The van der Waals surface area contributed by atoms with Crippen molar-refractivity contribution in [2.24, 2.45) is 4.99 Å². The fourth-order valence-corrected chi connectivity index (χ4v) is 1.58. The van der Waals surface area contributed by atoms with Crippen molar-refractivity contribution < 1.29 is 0 Å².